The van der Waals surface area contributed by atoms with Gasteiger partial charge in [0.25, 0.3) is 5.91 Å². The maximum Gasteiger partial charge on any atom is 0.254 e. The third-order valence-electron chi connectivity index (χ3n) is 3.82. The van der Waals surface area contributed by atoms with Crippen molar-refractivity contribution in [1.82, 2.24) is 9.97 Å². The van der Waals surface area contributed by atoms with Crippen molar-refractivity contribution in [2.75, 3.05) is 17.7 Å². The molecule has 1 heterocycles. The Morgan fingerprint density at radius 3 is 2.59 bits per heavy atom. The van der Waals surface area contributed by atoms with Crippen molar-refractivity contribution in [3.63, 3.8) is 0 Å². The number of anilines is 2. The average molecular weight is 307 g/mol. The van der Waals surface area contributed by atoms with Gasteiger partial charge in [0.1, 0.15) is 5.82 Å². The largest absolute Gasteiger partial charge is 0.381 e. The van der Waals surface area contributed by atoms with Gasteiger partial charge in [-0.05, 0) is 39.5 Å². The van der Waals surface area contributed by atoms with E-state index in [1.54, 1.807) is 7.11 Å². The van der Waals surface area contributed by atoms with Crippen molar-refractivity contribution in [1.29, 1.82) is 0 Å². The number of methoxy groups -OCH3 is 1. The average Bonchev–Trinajstić information content (AvgIpc) is 2.47. The highest BCUT2D eigenvalue weighted by Crippen LogP contribution is 2.23. The molecule has 4 N–H and O–H groups in total. The Hall–Kier alpha value is -1.89. The van der Waals surface area contributed by atoms with E-state index in [-0.39, 0.29) is 6.04 Å². The number of hydrogen-bond donors (Lipinski definition) is 3. The predicted molar refractivity (Wildman–Crippen MR) is 86.0 cm³/mol. The molecular formula is C15H25N5O2. The first-order chi connectivity index (χ1) is 10.5. The number of nitrogens with zero attached hydrogens (tertiary/aromatic N) is 2. The van der Waals surface area contributed by atoms with E-state index in [0.29, 0.717) is 29.5 Å². The van der Waals surface area contributed by atoms with Gasteiger partial charge in [-0.2, -0.15) is 4.98 Å². The van der Waals surface area contributed by atoms with Crippen LogP contribution in [0.3, 0.4) is 0 Å². The Morgan fingerprint density at radius 2 is 2.05 bits per heavy atom. The quantitative estimate of drug-likeness (QED) is 0.740. The Kier molecular flexibility index (Phi) is 5.54. The van der Waals surface area contributed by atoms with Crippen LogP contribution in [0.15, 0.2) is 6.20 Å². The van der Waals surface area contributed by atoms with Gasteiger partial charge in [0.2, 0.25) is 5.95 Å². The van der Waals surface area contributed by atoms with E-state index in [2.05, 4.69) is 20.6 Å². The second-order valence-corrected chi connectivity index (χ2v) is 5.97. The zero-order valence-electron chi connectivity index (χ0n) is 13.4. The summed E-state index contributed by atoms with van der Waals surface area (Å²) >= 11 is 0. The number of nitrogens with one attached hydrogen (secondary N) is 2. The fourth-order valence-corrected chi connectivity index (χ4v) is 2.64. The molecule has 0 aromatic carbocycles. The first kappa shape index (κ1) is 16.5. The minimum Gasteiger partial charge on any atom is -0.381 e. The van der Waals surface area contributed by atoms with Crippen LogP contribution in [0, 0.1) is 0 Å². The first-order valence-electron chi connectivity index (χ1n) is 7.72. The molecule has 1 aromatic rings. The highest BCUT2D eigenvalue weighted by Gasteiger charge is 2.22. The van der Waals surface area contributed by atoms with Gasteiger partial charge in [0.15, 0.2) is 0 Å². The standard InChI is InChI=1S/C15H25N5O2/c1-9(2)18-14-12(13(16)21)8-17-15(20-14)19-10-4-6-11(22-3)7-5-10/h8-11H,4-7H2,1-3H3,(H2,16,21)(H2,17,18,19,20)/t10-,11-. The van der Waals surface area contributed by atoms with Crippen molar-refractivity contribution in [2.45, 2.75) is 57.7 Å². The van der Waals surface area contributed by atoms with E-state index in [4.69, 9.17) is 10.5 Å². The number of nitrogens with two attached hydrogens (primary N) is 1. The molecule has 1 aliphatic carbocycles. The van der Waals surface area contributed by atoms with Gasteiger partial charge in [-0.15, -0.1) is 0 Å². The summed E-state index contributed by atoms with van der Waals surface area (Å²) in [6.45, 7) is 3.96. The summed E-state index contributed by atoms with van der Waals surface area (Å²) in [5.74, 6) is 0.467. The lowest BCUT2D eigenvalue weighted by Crippen LogP contribution is -2.30. The Balaban J connectivity index is 2.07. The minimum absolute atomic E-state index is 0.151. The number of amides is 1. The van der Waals surface area contributed by atoms with Crippen LogP contribution in [0.25, 0.3) is 0 Å². The van der Waals surface area contributed by atoms with Crippen molar-refractivity contribution < 1.29 is 9.53 Å². The fraction of sp³-hybridized carbons (Fsp3) is 0.667. The molecule has 122 valence electrons. The van der Waals surface area contributed by atoms with E-state index in [0.717, 1.165) is 25.7 Å². The second kappa shape index (κ2) is 7.40. The van der Waals surface area contributed by atoms with Crippen LogP contribution in [0.1, 0.15) is 49.9 Å². The van der Waals surface area contributed by atoms with Gasteiger partial charge in [-0.3, -0.25) is 4.79 Å². The molecule has 0 spiro atoms. The van der Waals surface area contributed by atoms with E-state index in [1.165, 1.54) is 6.20 Å². The molecule has 7 nitrogen and oxygen atoms in total. The molecule has 0 saturated heterocycles. The zero-order valence-corrected chi connectivity index (χ0v) is 13.4. The number of carbonyl (C=O) groups is 1. The Bertz CT molecular complexity index is 513. The summed E-state index contributed by atoms with van der Waals surface area (Å²) in [7, 11) is 1.76. The van der Waals surface area contributed by atoms with Gasteiger partial charge < -0.3 is 21.1 Å². The highest BCUT2D eigenvalue weighted by molar-refractivity contribution is 5.97. The lowest BCUT2D eigenvalue weighted by Gasteiger charge is -2.28. The fourth-order valence-electron chi connectivity index (χ4n) is 2.64. The summed E-state index contributed by atoms with van der Waals surface area (Å²) in [5, 5.41) is 6.47. The van der Waals surface area contributed by atoms with Crippen molar-refractivity contribution in [3.05, 3.63) is 11.8 Å². The lowest BCUT2D eigenvalue weighted by molar-refractivity contribution is 0.0681. The van der Waals surface area contributed by atoms with Crippen LogP contribution in [0.2, 0.25) is 0 Å². The maximum atomic E-state index is 11.4. The smallest absolute Gasteiger partial charge is 0.254 e. The molecule has 0 radical (unpaired) electrons. The molecule has 0 atom stereocenters. The molecule has 0 aliphatic heterocycles. The maximum absolute atomic E-state index is 11.4. The number of ether oxygens (including phenoxy) is 1. The molecule has 1 fully saturated rings. The van der Waals surface area contributed by atoms with Crippen molar-refractivity contribution in [3.8, 4) is 0 Å². The number of aromatic nitrogens is 2. The van der Waals surface area contributed by atoms with Gasteiger partial charge in [-0.25, -0.2) is 4.98 Å². The topological polar surface area (TPSA) is 102 Å². The molecule has 1 amide bonds. The van der Waals surface area contributed by atoms with Gasteiger partial charge >= 0.3 is 0 Å². The van der Waals surface area contributed by atoms with Crippen LogP contribution >= 0.6 is 0 Å². The number of rotatable bonds is 6. The third-order valence-corrected chi connectivity index (χ3v) is 3.82. The number of hydrogen-bond acceptors (Lipinski definition) is 6. The normalized spacial score (nSPS) is 21.6. The van der Waals surface area contributed by atoms with Crippen LogP contribution in [0.5, 0.6) is 0 Å². The molecular weight excluding hydrogens is 282 g/mol. The SMILES string of the molecule is CO[C@H]1CC[C@H](Nc2ncc(C(N)=O)c(NC(C)C)n2)CC1. The minimum atomic E-state index is -0.532. The Morgan fingerprint density at radius 1 is 1.36 bits per heavy atom. The highest BCUT2D eigenvalue weighted by atomic mass is 16.5. The van der Waals surface area contributed by atoms with E-state index < -0.39 is 5.91 Å². The van der Waals surface area contributed by atoms with Crippen molar-refractivity contribution >= 4 is 17.7 Å². The summed E-state index contributed by atoms with van der Waals surface area (Å²) < 4.78 is 5.37. The third kappa shape index (κ3) is 4.30. The van der Waals surface area contributed by atoms with Crippen LogP contribution in [0.4, 0.5) is 11.8 Å². The van der Waals surface area contributed by atoms with E-state index in [1.807, 2.05) is 13.8 Å². The van der Waals surface area contributed by atoms with E-state index >= 15 is 0 Å². The molecule has 1 saturated carbocycles. The molecule has 2 rings (SSSR count). The van der Waals surface area contributed by atoms with Gasteiger partial charge in [-0.1, -0.05) is 0 Å². The lowest BCUT2D eigenvalue weighted by atomic mass is 9.93. The second-order valence-electron chi connectivity index (χ2n) is 5.97. The van der Waals surface area contributed by atoms with Crippen molar-refractivity contribution in [2.24, 2.45) is 5.73 Å². The molecule has 1 aromatic heterocycles. The number of primary amides is 1. The first-order valence-corrected chi connectivity index (χ1v) is 7.72. The summed E-state index contributed by atoms with van der Waals surface area (Å²) in [6.07, 6.45) is 5.94. The Labute approximate surface area is 131 Å². The zero-order chi connectivity index (χ0) is 16.1. The predicted octanol–water partition coefficient (Wildman–Crippen LogP) is 1.77. The molecule has 0 unspecified atom stereocenters. The molecule has 0 bridgehead atoms. The molecule has 1 aliphatic rings. The van der Waals surface area contributed by atoms with Gasteiger partial charge in [0.05, 0.1) is 11.7 Å². The van der Waals surface area contributed by atoms with Crippen LogP contribution in [-0.2, 0) is 4.74 Å². The molecule has 22 heavy (non-hydrogen) atoms. The summed E-state index contributed by atoms with van der Waals surface area (Å²) in [5.41, 5.74) is 5.67. The number of carbonyl (C=O) groups excluding carboxylic acids is 1. The van der Waals surface area contributed by atoms with Crippen LogP contribution < -0.4 is 16.4 Å². The monoisotopic (exact) mass is 307 g/mol. The van der Waals surface area contributed by atoms with Crippen LogP contribution in [-0.4, -0.2) is 41.2 Å². The summed E-state index contributed by atoms with van der Waals surface area (Å²) in [6, 6.07) is 0.482. The van der Waals surface area contributed by atoms with E-state index in [9.17, 15) is 4.79 Å². The molecule has 7 heteroatoms. The summed E-state index contributed by atoms with van der Waals surface area (Å²) in [4.78, 5) is 20.1. The van der Waals surface area contributed by atoms with Gasteiger partial charge in [0, 0.05) is 25.4 Å².